The van der Waals surface area contributed by atoms with Gasteiger partial charge in [0.2, 0.25) is 0 Å². The molecule has 156 valence electrons. The molecule has 1 fully saturated rings. The number of aromatic amines is 1. The first-order valence-corrected chi connectivity index (χ1v) is 10.4. The molecule has 1 unspecified atom stereocenters. The van der Waals surface area contributed by atoms with Crippen LogP contribution in [0.1, 0.15) is 35.1 Å². The van der Waals surface area contributed by atoms with E-state index >= 15 is 0 Å². The standard InChI is InChI=1S/C23H27N5O2/c1-3-21-26-22(28-27-21)16-5-4-6-19(13-16)25-23(29)17-7-8-20(30-2)18(12-17)11-15-9-10-24-14-15/h4-8,12-13,15,24H,3,9-11,14H2,1-2H3,(H,25,29)(H,26,27,28). The van der Waals surface area contributed by atoms with Crippen LogP contribution in [0.15, 0.2) is 42.5 Å². The highest BCUT2D eigenvalue weighted by atomic mass is 16.5. The van der Waals surface area contributed by atoms with E-state index in [1.807, 2.05) is 43.3 Å². The molecule has 0 saturated carbocycles. The topological polar surface area (TPSA) is 91.9 Å². The van der Waals surface area contributed by atoms with Gasteiger partial charge in [0, 0.05) is 23.2 Å². The molecule has 0 spiro atoms. The van der Waals surface area contributed by atoms with Crippen molar-refractivity contribution in [3.05, 3.63) is 59.4 Å². The summed E-state index contributed by atoms with van der Waals surface area (Å²) in [7, 11) is 1.67. The van der Waals surface area contributed by atoms with Crippen LogP contribution in [0.5, 0.6) is 5.75 Å². The minimum Gasteiger partial charge on any atom is -0.496 e. The van der Waals surface area contributed by atoms with Gasteiger partial charge in [0.15, 0.2) is 5.82 Å². The number of rotatable bonds is 7. The van der Waals surface area contributed by atoms with Crippen LogP contribution in [-0.2, 0) is 12.8 Å². The van der Waals surface area contributed by atoms with E-state index in [-0.39, 0.29) is 5.91 Å². The number of methoxy groups -OCH3 is 1. The molecule has 1 saturated heterocycles. The first-order chi connectivity index (χ1) is 14.7. The second-order valence-electron chi connectivity index (χ2n) is 7.58. The number of carbonyl (C=O) groups excluding carboxylic acids is 1. The lowest BCUT2D eigenvalue weighted by atomic mass is 9.96. The molecule has 1 atom stereocenters. The molecule has 3 aromatic rings. The Labute approximate surface area is 176 Å². The van der Waals surface area contributed by atoms with Gasteiger partial charge < -0.3 is 15.4 Å². The molecule has 1 aliphatic rings. The molecule has 30 heavy (non-hydrogen) atoms. The lowest BCUT2D eigenvalue weighted by molar-refractivity contribution is 0.102. The van der Waals surface area contributed by atoms with Crippen molar-refractivity contribution in [2.75, 3.05) is 25.5 Å². The van der Waals surface area contributed by atoms with E-state index in [0.717, 1.165) is 55.1 Å². The van der Waals surface area contributed by atoms with Crippen LogP contribution < -0.4 is 15.4 Å². The van der Waals surface area contributed by atoms with Gasteiger partial charge >= 0.3 is 0 Å². The fraction of sp³-hybridized carbons (Fsp3) is 0.348. The Kier molecular flexibility index (Phi) is 6.09. The van der Waals surface area contributed by atoms with Crippen LogP contribution in [0.4, 0.5) is 5.69 Å². The Bertz CT molecular complexity index is 1020. The number of aromatic nitrogens is 3. The zero-order valence-corrected chi connectivity index (χ0v) is 17.4. The number of amides is 1. The van der Waals surface area contributed by atoms with Gasteiger partial charge in [-0.25, -0.2) is 4.98 Å². The predicted molar refractivity (Wildman–Crippen MR) is 117 cm³/mol. The van der Waals surface area contributed by atoms with Gasteiger partial charge in [0.1, 0.15) is 11.6 Å². The fourth-order valence-corrected chi connectivity index (χ4v) is 3.80. The van der Waals surface area contributed by atoms with E-state index in [1.165, 1.54) is 0 Å². The van der Waals surface area contributed by atoms with Crippen LogP contribution in [0.2, 0.25) is 0 Å². The second-order valence-corrected chi connectivity index (χ2v) is 7.58. The van der Waals surface area contributed by atoms with Crippen molar-refractivity contribution in [2.45, 2.75) is 26.2 Å². The maximum Gasteiger partial charge on any atom is 0.255 e. The van der Waals surface area contributed by atoms with Gasteiger partial charge in [-0.1, -0.05) is 19.1 Å². The number of hydrogen-bond donors (Lipinski definition) is 3. The first-order valence-electron chi connectivity index (χ1n) is 10.4. The zero-order valence-electron chi connectivity index (χ0n) is 17.4. The van der Waals surface area contributed by atoms with E-state index in [1.54, 1.807) is 13.2 Å². The Morgan fingerprint density at radius 3 is 2.90 bits per heavy atom. The maximum atomic E-state index is 12.9. The molecule has 1 aromatic heterocycles. The number of hydrogen-bond acceptors (Lipinski definition) is 5. The molecule has 2 heterocycles. The number of aryl methyl sites for hydroxylation is 1. The minimum absolute atomic E-state index is 0.148. The van der Waals surface area contributed by atoms with Crippen molar-refractivity contribution in [1.82, 2.24) is 20.5 Å². The van der Waals surface area contributed by atoms with E-state index in [4.69, 9.17) is 4.74 Å². The zero-order chi connectivity index (χ0) is 20.9. The Hall–Kier alpha value is -3.19. The summed E-state index contributed by atoms with van der Waals surface area (Å²) < 4.78 is 5.52. The van der Waals surface area contributed by atoms with Crippen molar-refractivity contribution in [3.63, 3.8) is 0 Å². The van der Waals surface area contributed by atoms with Crippen molar-refractivity contribution in [3.8, 4) is 17.1 Å². The molecular formula is C23H27N5O2. The predicted octanol–water partition coefficient (Wildman–Crippen LogP) is 3.45. The Morgan fingerprint density at radius 1 is 1.27 bits per heavy atom. The molecule has 7 nitrogen and oxygen atoms in total. The molecule has 1 amide bonds. The number of nitrogens with zero attached hydrogens (tertiary/aromatic N) is 2. The van der Waals surface area contributed by atoms with Crippen LogP contribution >= 0.6 is 0 Å². The monoisotopic (exact) mass is 405 g/mol. The van der Waals surface area contributed by atoms with Crippen LogP contribution in [0, 0.1) is 5.92 Å². The summed E-state index contributed by atoms with van der Waals surface area (Å²) >= 11 is 0. The molecule has 2 aromatic carbocycles. The fourth-order valence-electron chi connectivity index (χ4n) is 3.80. The summed E-state index contributed by atoms with van der Waals surface area (Å²) in [6, 6.07) is 13.2. The number of anilines is 1. The summed E-state index contributed by atoms with van der Waals surface area (Å²) in [5, 5.41) is 13.6. The third kappa shape index (κ3) is 4.52. The van der Waals surface area contributed by atoms with E-state index < -0.39 is 0 Å². The molecule has 4 rings (SSSR count). The first kappa shape index (κ1) is 20.1. The smallest absolute Gasteiger partial charge is 0.255 e. The number of nitrogens with one attached hydrogen (secondary N) is 3. The van der Waals surface area contributed by atoms with Gasteiger partial charge in [0.25, 0.3) is 5.91 Å². The largest absolute Gasteiger partial charge is 0.496 e. The molecular weight excluding hydrogens is 378 g/mol. The van der Waals surface area contributed by atoms with E-state index in [9.17, 15) is 4.79 Å². The maximum absolute atomic E-state index is 12.9. The summed E-state index contributed by atoms with van der Waals surface area (Å²) in [6.07, 6.45) is 2.84. The third-order valence-corrected chi connectivity index (χ3v) is 5.46. The normalized spacial score (nSPS) is 15.9. The second kappa shape index (κ2) is 9.09. The Balaban J connectivity index is 1.51. The lowest BCUT2D eigenvalue weighted by Crippen LogP contribution is -2.14. The molecule has 0 radical (unpaired) electrons. The van der Waals surface area contributed by atoms with Crippen LogP contribution in [-0.4, -0.2) is 41.3 Å². The van der Waals surface area contributed by atoms with Crippen molar-refractivity contribution < 1.29 is 9.53 Å². The van der Waals surface area contributed by atoms with Gasteiger partial charge in [-0.2, -0.15) is 5.10 Å². The van der Waals surface area contributed by atoms with Gasteiger partial charge in [-0.15, -0.1) is 0 Å². The molecule has 0 aliphatic carbocycles. The third-order valence-electron chi connectivity index (χ3n) is 5.46. The number of carbonyl (C=O) groups is 1. The van der Waals surface area contributed by atoms with Gasteiger partial charge in [0.05, 0.1) is 7.11 Å². The number of benzene rings is 2. The molecule has 0 bridgehead atoms. The summed E-state index contributed by atoms with van der Waals surface area (Å²) in [4.78, 5) is 17.4. The summed E-state index contributed by atoms with van der Waals surface area (Å²) in [6.45, 7) is 4.08. The van der Waals surface area contributed by atoms with Crippen molar-refractivity contribution in [1.29, 1.82) is 0 Å². The number of H-pyrrole nitrogens is 1. The average molecular weight is 406 g/mol. The number of ether oxygens (including phenoxy) is 1. The van der Waals surface area contributed by atoms with Crippen LogP contribution in [0.3, 0.4) is 0 Å². The Morgan fingerprint density at radius 2 is 2.17 bits per heavy atom. The van der Waals surface area contributed by atoms with Gasteiger partial charge in [-0.05, 0) is 67.7 Å². The average Bonchev–Trinajstić information content (AvgIpc) is 3.46. The van der Waals surface area contributed by atoms with E-state index in [2.05, 4.69) is 25.8 Å². The molecule has 1 aliphatic heterocycles. The minimum atomic E-state index is -0.148. The van der Waals surface area contributed by atoms with Crippen LogP contribution in [0.25, 0.3) is 11.4 Å². The highest BCUT2D eigenvalue weighted by Crippen LogP contribution is 2.26. The quantitative estimate of drug-likeness (QED) is 0.560. The SMILES string of the molecule is CCc1nc(-c2cccc(NC(=O)c3ccc(OC)c(CC4CCNC4)c3)c2)n[nH]1. The highest BCUT2D eigenvalue weighted by Gasteiger charge is 2.18. The summed E-state index contributed by atoms with van der Waals surface area (Å²) in [5.74, 6) is 2.72. The molecule has 3 N–H and O–H groups in total. The summed E-state index contributed by atoms with van der Waals surface area (Å²) in [5.41, 5.74) is 3.25. The molecule has 7 heteroatoms. The van der Waals surface area contributed by atoms with Crippen molar-refractivity contribution >= 4 is 11.6 Å². The lowest BCUT2D eigenvalue weighted by Gasteiger charge is -2.14. The van der Waals surface area contributed by atoms with E-state index in [0.29, 0.717) is 23.0 Å². The van der Waals surface area contributed by atoms with Crippen molar-refractivity contribution in [2.24, 2.45) is 5.92 Å². The highest BCUT2D eigenvalue weighted by molar-refractivity contribution is 6.04. The van der Waals surface area contributed by atoms with Gasteiger partial charge in [-0.3, -0.25) is 9.89 Å².